The second kappa shape index (κ2) is 5.61. The Morgan fingerprint density at radius 3 is 2.24 bits per heavy atom. The molecule has 0 saturated heterocycles. The molecular formula is C14H23FN2. The summed E-state index contributed by atoms with van der Waals surface area (Å²) < 4.78 is 12.9. The fourth-order valence-corrected chi connectivity index (χ4v) is 1.87. The number of halogens is 1. The summed E-state index contributed by atoms with van der Waals surface area (Å²) in [5, 5.41) is 0. The Morgan fingerprint density at radius 1 is 1.29 bits per heavy atom. The molecule has 1 atom stereocenters. The van der Waals surface area contributed by atoms with Gasteiger partial charge in [0.15, 0.2) is 0 Å². The van der Waals surface area contributed by atoms with E-state index in [1.54, 1.807) is 0 Å². The smallest absolute Gasteiger partial charge is 0.123 e. The quantitative estimate of drug-likeness (QED) is 0.854. The molecule has 2 N–H and O–H groups in total. The third-order valence-corrected chi connectivity index (χ3v) is 3.77. The highest BCUT2D eigenvalue weighted by Crippen LogP contribution is 2.27. The van der Waals surface area contributed by atoms with Gasteiger partial charge in [0.25, 0.3) is 0 Å². The van der Waals surface area contributed by atoms with Gasteiger partial charge < -0.3 is 5.73 Å². The fourth-order valence-electron chi connectivity index (χ4n) is 1.87. The monoisotopic (exact) mass is 238 g/mol. The van der Waals surface area contributed by atoms with Crippen LogP contribution in [0.5, 0.6) is 0 Å². The molecule has 0 radical (unpaired) electrons. The largest absolute Gasteiger partial charge is 0.329 e. The number of nitrogens with two attached hydrogens (primary N) is 1. The first kappa shape index (κ1) is 14.1. The third kappa shape index (κ3) is 3.27. The maximum atomic E-state index is 12.9. The molecule has 1 aromatic rings. The minimum absolute atomic E-state index is 0.0818. The minimum Gasteiger partial charge on any atom is -0.329 e. The van der Waals surface area contributed by atoms with E-state index < -0.39 is 0 Å². The van der Waals surface area contributed by atoms with Crippen molar-refractivity contribution in [3.05, 3.63) is 35.6 Å². The Kier molecular flexibility index (Phi) is 4.66. The van der Waals surface area contributed by atoms with E-state index in [4.69, 9.17) is 5.73 Å². The molecule has 0 bridgehead atoms. The van der Waals surface area contributed by atoms with Crippen molar-refractivity contribution in [2.75, 3.05) is 13.6 Å². The Balaban J connectivity index is 2.95. The molecule has 0 fully saturated rings. The van der Waals surface area contributed by atoms with Gasteiger partial charge >= 0.3 is 0 Å². The van der Waals surface area contributed by atoms with E-state index in [0.29, 0.717) is 6.54 Å². The molecule has 0 aromatic heterocycles. The van der Waals surface area contributed by atoms with Gasteiger partial charge in [-0.3, -0.25) is 4.90 Å². The summed E-state index contributed by atoms with van der Waals surface area (Å²) in [5.74, 6) is -0.207. The first-order valence-corrected chi connectivity index (χ1v) is 6.11. The summed E-state index contributed by atoms with van der Waals surface area (Å²) in [7, 11) is 2.07. The number of nitrogens with zero attached hydrogens (tertiary/aromatic N) is 1. The molecule has 0 heterocycles. The predicted octanol–water partition coefficient (Wildman–Crippen LogP) is 2.95. The standard InChI is InChI=1S/C14H23FN2/c1-5-14(2,3)17(4)13(10-16)11-6-8-12(15)9-7-11/h6-9,13H,5,10,16H2,1-4H3. The van der Waals surface area contributed by atoms with Gasteiger partial charge in [-0.2, -0.15) is 0 Å². The lowest BCUT2D eigenvalue weighted by molar-refractivity contribution is 0.100. The zero-order valence-corrected chi connectivity index (χ0v) is 11.2. The van der Waals surface area contributed by atoms with Crippen molar-refractivity contribution >= 4 is 0 Å². The van der Waals surface area contributed by atoms with Crippen LogP contribution in [0.1, 0.15) is 38.8 Å². The molecule has 2 nitrogen and oxygen atoms in total. The minimum atomic E-state index is -0.207. The maximum Gasteiger partial charge on any atom is 0.123 e. The van der Waals surface area contributed by atoms with Crippen molar-refractivity contribution in [1.29, 1.82) is 0 Å². The van der Waals surface area contributed by atoms with Gasteiger partial charge in [0.2, 0.25) is 0 Å². The van der Waals surface area contributed by atoms with Gasteiger partial charge in [-0.1, -0.05) is 19.1 Å². The number of likely N-dealkylation sites (N-methyl/N-ethyl adjacent to an activating group) is 1. The third-order valence-electron chi connectivity index (χ3n) is 3.77. The second-order valence-electron chi connectivity index (χ2n) is 5.08. The van der Waals surface area contributed by atoms with E-state index in [2.05, 4.69) is 32.7 Å². The number of benzene rings is 1. The van der Waals surface area contributed by atoms with E-state index in [1.807, 2.05) is 12.1 Å². The summed E-state index contributed by atoms with van der Waals surface area (Å²) in [6.07, 6.45) is 1.04. The number of hydrogen-bond donors (Lipinski definition) is 1. The molecule has 1 unspecified atom stereocenters. The van der Waals surface area contributed by atoms with Crippen LogP contribution in [0.2, 0.25) is 0 Å². The van der Waals surface area contributed by atoms with Crippen LogP contribution < -0.4 is 5.73 Å². The Morgan fingerprint density at radius 2 is 1.82 bits per heavy atom. The van der Waals surface area contributed by atoms with Crippen LogP contribution >= 0.6 is 0 Å². The highest BCUT2D eigenvalue weighted by Gasteiger charge is 2.27. The lowest BCUT2D eigenvalue weighted by Gasteiger charge is -2.40. The first-order chi connectivity index (χ1) is 7.92. The van der Waals surface area contributed by atoms with Crippen molar-refractivity contribution in [3.8, 4) is 0 Å². The van der Waals surface area contributed by atoms with Crippen LogP contribution in [-0.2, 0) is 0 Å². The molecule has 17 heavy (non-hydrogen) atoms. The van der Waals surface area contributed by atoms with Crippen molar-refractivity contribution in [1.82, 2.24) is 4.90 Å². The van der Waals surface area contributed by atoms with Gasteiger partial charge in [0, 0.05) is 18.1 Å². The molecular weight excluding hydrogens is 215 g/mol. The van der Waals surface area contributed by atoms with Crippen molar-refractivity contribution in [2.24, 2.45) is 5.73 Å². The van der Waals surface area contributed by atoms with E-state index in [0.717, 1.165) is 12.0 Å². The van der Waals surface area contributed by atoms with E-state index >= 15 is 0 Å². The fraction of sp³-hybridized carbons (Fsp3) is 0.571. The summed E-state index contributed by atoms with van der Waals surface area (Å²) in [6, 6.07) is 6.74. The SMILES string of the molecule is CCC(C)(C)N(C)C(CN)c1ccc(F)cc1. The number of hydrogen-bond acceptors (Lipinski definition) is 2. The zero-order chi connectivity index (χ0) is 13.1. The van der Waals surface area contributed by atoms with Crippen molar-refractivity contribution in [3.63, 3.8) is 0 Å². The van der Waals surface area contributed by atoms with Crippen LogP contribution in [0.15, 0.2) is 24.3 Å². The van der Waals surface area contributed by atoms with E-state index in [9.17, 15) is 4.39 Å². The van der Waals surface area contributed by atoms with Gasteiger partial charge in [-0.25, -0.2) is 4.39 Å². The highest BCUT2D eigenvalue weighted by atomic mass is 19.1. The average Bonchev–Trinajstić information content (AvgIpc) is 2.32. The Labute approximate surface area is 104 Å². The summed E-state index contributed by atoms with van der Waals surface area (Å²) in [4.78, 5) is 2.26. The van der Waals surface area contributed by atoms with Crippen LogP contribution in [-0.4, -0.2) is 24.0 Å². The molecule has 0 spiro atoms. The topological polar surface area (TPSA) is 29.3 Å². The summed E-state index contributed by atoms with van der Waals surface area (Å²) in [5.41, 5.74) is 7.01. The molecule has 1 rings (SSSR count). The molecule has 0 saturated carbocycles. The summed E-state index contributed by atoms with van der Waals surface area (Å²) >= 11 is 0. The normalized spacial score (nSPS) is 14.1. The average molecular weight is 238 g/mol. The molecule has 1 aromatic carbocycles. The molecule has 0 amide bonds. The van der Waals surface area contributed by atoms with E-state index in [-0.39, 0.29) is 17.4 Å². The lowest BCUT2D eigenvalue weighted by Crippen LogP contribution is -2.45. The van der Waals surface area contributed by atoms with Gasteiger partial charge in [0.05, 0.1) is 0 Å². The van der Waals surface area contributed by atoms with Gasteiger partial charge in [0.1, 0.15) is 5.82 Å². The Bertz CT molecular complexity index is 346. The summed E-state index contributed by atoms with van der Waals surface area (Å²) in [6.45, 7) is 7.08. The van der Waals surface area contributed by atoms with Gasteiger partial charge in [-0.15, -0.1) is 0 Å². The van der Waals surface area contributed by atoms with Crippen LogP contribution in [0.25, 0.3) is 0 Å². The number of rotatable bonds is 5. The first-order valence-electron chi connectivity index (χ1n) is 6.11. The van der Waals surface area contributed by atoms with Crippen molar-refractivity contribution in [2.45, 2.75) is 38.8 Å². The Hall–Kier alpha value is -0.930. The van der Waals surface area contributed by atoms with Crippen LogP contribution in [0, 0.1) is 5.82 Å². The molecule has 96 valence electrons. The molecule has 3 heteroatoms. The maximum absolute atomic E-state index is 12.9. The second-order valence-corrected chi connectivity index (χ2v) is 5.08. The van der Waals surface area contributed by atoms with Crippen LogP contribution in [0.3, 0.4) is 0 Å². The van der Waals surface area contributed by atoms with Gasteiger partial charge in [-0.05, 0) is 45.0 Å². The molecule has 0 aliphatic heterocycles. The lowest BCUT2D eigenvalue weighted by atomic mass is 9.95. The predicted molar refractivity (Wildman–Crippen MR) is 70.3 cm³/mol. The van der Waals surface area contributed by atoms with Crippen molar-refractivity contribution < 1.29 is 4.39 Å². The zero-order valence-electron chi connectivity index (χ0n) is 11.2. The van der Waals surface area contributed by atoms with Crippen LogP contribution in [0.4, 0.5) is 4.39 Å². The highest BCUT2D eigenvalue weighted by molar-refractivity contribution is 5.20. The molecule has 0 aliphatic carbocycles. The molecule has 0 aliphatic rings. The van der Waals surface area contributed by atoms with E-state index in [1.165, 1.54) is 12.1 Å².